The van der Waals surface area contributed by atoms with Gasteiger partial charge in [-0.25, -0.2) is 0 Å². The third-order valence-electron chi connectivity index (χ3n) is 3.30. The molecule has 0 spiro atoms. The molecular weight excluding hydrogens is 214 g/mol. The Balaban J connectivity index is 2.42. The van der Waals surface area contributed by atoms with Crippen LogP contribution in [0.5, 0.6) is 0 Å². The molecule has 4 nitrogen and oxygen atoms in total. The summed E-state index contributed by atoms with van der Waals surface area (Å²) in [5.41, 5.74) is 12.9. The molecule has 0 radical (unpaired) electrons. The zero-order valence-electron chi connectivity index (χ0n) is 10.6. The number of aliphatic hydroxyl groups is 1. The summed E-state index contributed by atoms with van der Waals surface area (Å²) in [4.78, 5) is 0. The Morgan fingerprint density at radius 1 is 1.24 bits per heavy atom. The van der Waals surface area contributed by atoms with Gasteiger partial charge in [0.05, 0.1) is 6.10 Å². The minimum Gasteiger partial charge on any atom is -0.399 e. The Bertz CT molecular complexity index is 326. The van der Waals surface area contributed by atoms with Crippen LogP contribution in [0.15, 0.2) is 24.3 Å². The molecule has 0 saturated heterocycles. The van der Waals surface area contributed by atoms with Gasteiger partial charge in [-0.2, -0.15) is 0 Å². The number of benzene rings is 1. The van der Waals surface area contributed by atoms with Gasteiger partial charge in [-0.05, 0) is 42.6 Å². The van der Waals surface area contributed by atoms with E-state index in [9.17, 15) is 5.11 Å². The number of hydrogen-bond acceptors (Lipinski definition) is 4. The quantitative estimate of drug-likeness (QED) is 0.561. The SMILES string of the molecule is CC(CN)C(C)C(O)CNc1ccc(N)cc1. The smallest absolute Gasteiger partial charge is 0.0741 e. The van der Waals surface area contributed by atoms with Gasteiger partial charge < -0.3 is 21.9 Å². The summed E-state index contributed by atoms with van der Waals surface area (Å²) in [6.45, 7) is 5.19. The highest BCUT2D eigenvalue weighted by Crippen LogP contribution is 2.16. The summed E-state index contributed by atoms with van der Waals surface area (Å²) in [6.07, 6.45) is -0.397. The molecule has 4 heteroatoms. The summed E-state index contributed by atoms with van der Waals surface area (Å²) < 4.78 is 0. The van der Waals surface area contributed by atoms with Gasteiger partial charge in [0.2, 0.25) is 0 Å². The molecule has 0 fully saturated rings. The minimum absolute atomic E-state index is 0.182. The van der Waals surface area contributed by atoms with Crippen LogP contribution in [-0.4, -0.2) is 24.3 Å². The molecule has 0 heterocycles. The summed E-state index contributed by atoms with van der Waals surface area (Å²) in [5, 5.41) is 13.2. The highest BCUT2D eigenvalue weighted by molar-refractivity contribution is 5.51. The van der Waals surface area contributed by atoms with Crippen molar-refractivity contribution in [1.29, 1.82) is 0 Å². The van der Waals surface area contributed by atoms with E-state index in [-0.39, 0.29) is 5.92 Å². The second-order valence-corrected chi connectivity index (χ2v) is 4.64. The van der Waals surface area contributed by atoms with Gasteiger partial charge in [0.1, 0.15) is 0 Å². The van der Waals surface area contributed by atoms with E-state index in [2.05, 4.69) is 12.2 Å². The Hall–Kier alpha value is -1.26. The largest absolute Gasteiger partial charge is 0.399 e. The predicted molar refractivity (Wildman–Crippen MR) is 72.7 cm³/mol. The molecular formula is C13H23N3O. The fourth-order valence-electron chi connectivity index (χ4n) is 1.60. The van der Waals surface area contributed by atoms with E-state index >= 15 is 0 Å². The molecule has 0 bridgehead atoms. The fraction of sp³-hybridized carbons (Fsp3) is 0.538. The first-order chi connectivity index (χ1) is 8.04. The maximum Gasteiger partial charge on any atom is 0.0741 e. The molecule has 0 saturated carbocycles. The molecule has 1 rings (SSSR count). The molecule has 0 aliphatic rings. The number of hydrogen-bond donors (Lipinski definition) is 4. The van der Waals surface area contributed by atoms with Crippen molar-refractivity contribution < 1.29 is 5.11 Å². The Kier molecular flexibility index (Phi) is 5.25. The van der Waals surface area contributed by atoms with E-state index in [4.69, 9.17) is 11.5 Å². The van der Waals surface area contributed by atoms with Gasteiger partial charge in [0.25, 0.3) is 0 Å². The lowest BCUT2D eigenvalue weighted by Crippen LogP contribution is -2.33. The second kappa shape index (κ2) is 6.47. The number of anilines is 2. The van der Waals surface area contributed by atoms with Gasteiger partial charge in [0, 0.05) is 17.9 Å². The summed E-state index contributed by atoms with van der Waals surface area (Å²) in [5.74, 6) is 0.500. The average molecular weight is 237 g/mol. The van der Waals surface area contributed by atoms with E-state index in [1.165, 1.54) is 0 Å². The van der Waals surface area contributed by atoms with E-state index < -0.39 is 6.10 Å². The lowest BCUT2D eigenvalue weighted by molar-refractivity contribution is 0.100. The minimum atomic E-state index is -0.397. The molecule has 17 heavy (non-hydrogen) atoms. The number of rotatable bonds is 6. The normalized spacial score (nSPS) is 16.2. The predicted octanol–water partition coefficient (Wildman–Crippen LogP) is 1.27. The summed E-state index contributed by atoms with van der Waals surface area (Å²) in [7, 11) is 0. The van der Waals surface area contributed by atoms with Crippen molar-refractivity contribution in [1.82, 2.24) is 0 Å². The van der Waals surface area contributed by atoms with Crippen LogP contribution in [0.4, 0.5) is 11.4 Å². The van der Waals surface area contributed by atoms with Crippen molar-refractivity contribution in [3.63, 3.8) is 0 Å². The Morgan fingerprint density at radius 3 is 2.35 bits per heavy atom. The maximum atomic E-state index is 9.99. The van der Waals surface area contributed by atoms with Gasteiger partial charge in [-0.1, -0.05) is 13.8 Å². The molecule has 0 aromatic heterocycles. The van der Waals surface area contributed by atoms with Crippen LogP contribution in [0, 0.1) is 11.8 Å². The van der Waals surface area contributed by atoms with E-state index in [0.717, 1.165) is 11.4 Å². The van der Waals surface area contributed by atoms with E-state index in [1.54, 1.807) is 0 Å². The summed E-state index contributed by atoms with van der Waals surface area (Å²) >= 11 is 0. The molecule has 6 N–H and O–H groups in total. The maximum absolute atomic E-state index is 9.99. The highest BCUT2D eigenvalue weighted by atomic mass is 16.3. The van der Waals surface area contributed by atoms with Crippen LogP contribution >= 0.6 is 0 Å². The fourth-order valence-corrected chi connectivity index (χ4v) is 1.60. The molecule has 96 valence electrons. The zero-order chi connectivity index (χ0) is 12.8. The van der Waals surface area contributed by atoms with Crippen LogP contribution < -0.4 is 16.8 Å². The number of nitrogen functional groups attached to an aromatic ring is 1. The van der Waals surface area contributed by atoms with Crippen LogP contribution in [-0.2, 0) is 0 Å². The molecule has 3 unspecified atom stereocenters. The molecule has 3 atom stereocenters. The number of aliphatic hydroxyl groups excluding tert-OH is 1. The van der Waals surface area contributed by atoms with Crippen LogP contribution in [0.3, 0.4) is 0 Å². The third-order valence-corrected chi connectivity index (χ3v) is 3.30. The van der Waals surface area contributed by atoms with Crippen molar-refractivity contribution in [2.75, 3.05) is 24.1 Å². The van der Waals surface area contributed by atoms with Gasteiger partial charge in [0.15, 0.2) is 0 Å². The standard InChI is InChI=1S/C13H23N3O/c1-9(7-14)10(2)13(17)8-16-12-5-3-11(15)4-6-12/h3-6,9-10,13,16-17H,7-8,14-15H2,1-2H3. The van der Waals surface area contributed by atoms with Crippen molar-refractivity contribution in [3.05, 3.63) is 24.3 Å². The number of nitrogens with two attached hydrogens (primary N) is 2. The first-order valence-corrected chi connectivity index (χ1v) is 6.02. The monoisotopic (exact) mass is 237 g/mol. The summed E-state index contributed by atoms with van der Waals surface area (Å²) in [6, 6.07) is 7.47. The van der Waals surface area contributed by atoms with Crippen LogP contribution in [0.2, 0.25) is 0 Å². The van der Waals surface area contributed by atoms with Crippen molar-refractivity contribution in [3.8, 4) is 0 Å². The Morgan fingerprint density at radius 2 is 1.82 bits per heavy atom. The third kappa shape index (κ3) is 4.24. The lowest BCUT2D eigenvalue weighted by atomic mass is 9.91. The molecule has 1 aromatic rings. The highest BCUT2D eigenvalue weighted by Gasteiger charge is 2.19. The topological polar surface area (TPSA) is 84.3 Å². The second-order valence-electron chi connectivity index (χ2n) is 4.64. The zero-order valence-corrected chi connectivity index (χ0v) is 10.6. The molecule has 0 aliphatic carbocycles. The lowest BCUT2D eigenvalue weighted by Gasteiger charge is -2.24. The first-order valence-electron chi connectivity index (χ1n) is 6.02. The van der Waals surface area contributed by atoms with Crippen LogP contribution in [0.25, 0.3) is 0 Å². The van der Waals surface area contributed by atoms with E-state index in [0.29, 0.717) is 19.0 Å². The van der Waals surface area contributed by atoms with Crippen molar-refractivity contribution in [2.45, 2.75) is 20.0 Å². The molecule has 0 amide bonds. The van der Waals surface area contributed by atoms with Gasteiger partial charge in [-0.3, -0.25) is 0 Å². The van der Waals surface area contributed by atoms with Crippen molar-refractivity contribution in [2.24, 2.45) is 17.6 Å². The molecule has 1 aromatic carbocycles. The Labute approximate surface area is 103 Å². The van der Waals surface area contributed by atoms with Gasteiger partial charge >= 0.3 is 0 Å². The van der Waals surface area contributed by atoms with E-state index in [1.807, 2.05) is 31.2 Å². The van der Waals surface area contributed by atoms with Crippen LogP contribution in [0.1, 0.15) is 13.8 Å². The number of nitrogens with one attached hydrogen (secondary N) is 1. The molecule has 0 aliphatic heterocycles. The average Bonchev–Trinajstić information content (AvgIpc) is 2.35. The first kappa shape index (κ1) is 13.8. The van der Waals surface area contributed by atoms with Gasteiger partial charge in [-0.15, -0.1) is 0 Å². The van der Waals surface area contributed by atoms with Crippen molar-refractivity contribution >= 4 is 11.4 Å².